The van der Waals surface area contributed by atoms with Gasteiger partial charge in [0.25, 0.3) is 5.91 Å². The highest BCUT2D eigenvalue weighted by atomic mass is 35.5. The maximum Gasteiger partial charge on any atom is 0.252 e. The first-order valence-corrected chi connectivity index (χ1v) is 8.97. The first-order chi connectivity index (χ1) is 12.5. The van der Waals surface area contributed by atoms with Crippen molar-refractivity contribution in [1.29, 1.82) is 0 Å². The number of aryl methyl sites for hydroxylation is 1. The molecule has 3 rings (SSSR count). The Bertz CT molecular complexity index is 924. The fraction of sp³-hybridized carbons (Fsp3) is 0.350. The van der Waals surface area contributed by atoms with E-state index in [4.69, 9.17) is 5.73 Å². The number of pyridine rings is 1. The summed E-state index contributed by atoms with van der Waals surface area (Å²) in [5, 5.41) is 8.24. The molecule has 1 aromatic carbocycles. The van der Waals surface area contributed by atoms with Crippen molar-refractivity contribution < 1.29 is 4.79 Å². The highest BCUT2D eigenvalue weighted by Crippen LogP contribution is 2.22. The Balaban J connectivity index is 0.00000196. The van der Waals surface area contributed by atoms with Crippen LogP contribution in [0.15, 0.2) is 36.5 Å². The average molecular weight is 424 g/mol. The first kappa shape index (κ1) is 23.7. The Kier molecular flexibility index (Phi) is 8.72. The zero-order chi connectivity index (χ0) is 18.7. The Morgan fingerprint density at radius 2 is 1.93 bits per heavy atom. The van der Waals surface area contributed by atoms with Crippen LogP contribution in [0.3, 0.4) is 0 Å². The van der Waals surface area contributed by atoms with E-state index in [1.165, 1.54) is 0 Å². The monoisotopic (exact) mass is 423 g/mol. The molecule has 1 unspecified atom stereocenters. The molecule has 0 bridgehead atoms. The first-order valence-electron chi connectivity index (χ1n) is 8.97. The predicted molar refractivity (Wildman–Crippen MR) is 119 cm³/mol. The molecule has 6 nitrogen and oxygen atoms in total. The Labute approximate surface area is 177 Å². The number of nitrogens with one attached hydrogen (secondary N) is 1. The molecule has 0 radical (unpaired) electrons. The van der Waals surface area contributed by atoms with Crippen molar-refractivity contribution in [2.24, 2.45) is 0 Å². The number of aromatic nitrogens is 3. The lowest BCUT2D eigenvalue weighted by Crippen LogP contribution is -2.26. The van der Waals surface area contributed by atoms with Gasteiger partial charge in [0, 0.05) is 17.9 Å². The maximum absolute atomic E-state index is 12.7. The van der Waals surface area contributed by atoms with E-state index in [0.717, 1.165) is 40.8 Å². The molecular weight excluding hydrogens is 397 g/mol. The number of halogens is 2. The van der Waals surface area contributed by atoms with Crippen LogP contribution in [0.2, 0.25) is 0 Å². The van der Waals surface area contributed by atoms with Crippen LogP contribution >= 0.6 is 24.8 Å². The van der Waals surface area contributed by atoms with Gasteiger partial charge in [0.05, 0.1) is 23.2 Å². The second-order valence-electron chi connectivity index (χ2n) is 6.64. The van der Waals surface area contributed by atoms with E-state index in [0.29, 0.717) is 12.1 Å². The Morgan fingerprint density at radius 3 is 2.57 bits per heavy atom. The number of carbonyl (C=O) groups excluding carboxylic acids is 1. The topological polar surface area (TPSA) is 85.8 Å². The molecule has 1 atom stereocenters. The quantitative estimate of drug-likeness (QED) is 0.584. The van der Waals surface area contributed by atoms with Crippen molar-refractivity contribution in [3.8, 4) is 0 Å². The number of hydrogen-bond donors (Lipinski definition) is 2. The molecule has 152 valence electrons. The van der Waals surface area contributed by atoms with Gasteiger partial charge in [-0.15, -0.1) is 24.8 Å². The number of rotatable bonds is 6. The van der Waals surface area contributed by atoms with Gasteiger partial charge < -0.3 is 11.1 Å². The van der Waals surface area contributed by atoms with E-state index < -0.39 is 0 Å². The third kappa shape index (κ3) is 5.14. The minimum Gasteiger partial charge on any atom is -0.399 e. The number of nitrogen functional groups attached to an aromatic ring is 1. The molecule has 1 amide bonds. The fourth-order valence-electron chi connectivity index (χ4n) is 2.93. The van der Waals surface area contributed by atoms with E-state index in [-0.39, 0.29) is 36.8 Å². The zero-order valence-corrected chi connectivity index (χ0v) is 17.9. The third-order valence-electron chi connectivity index (χ3n) is 4.63. The summed E-state index contributed by atoms with van der Waals surface area (Å²) in [6, 6.07) is 9.76. The summed E-state index contributed by atoms with van der Waals surface area (Å²) in [7, 11) is 0. The summed E-state index contributed by atoms with van der Waals surface area (Å²) in [6.45, 7) is 6.67. The molecule has 0 aliphatic heterocycles. The van der Waals surface area contributed by atoms with E-state index in [2.05, 4.69) is 29.2 Å². The van der Waals surface area contributed by atoms with Gasteiger partial charge in [0.1, 0.15) is 0 Å². The lowest BCUT2D eigenvalue weighted by Gasteiger charge is -2.11. The van der Waals surface area contributed by atoms with Crippen LogP contribution in [0.4, 0.5) is 5.69 Å². The van der Waals surface area contributed by atoms with Crippen molar-refractivity contribution in [2.75, 3.05) is 12.3 Å². The lowest BCUT2D eigenvalue weighted by molar-refractivity contribution is 0.0955. The summed E-state index contributed by atoms with van der Waals surface area (Å²) in [6.07, 6.45) is 3.45. The summed E-state index contributed by atoms with van der Waals surface area (Å²) in [4.78, 5) is 17.3. The highest BCUT2D eigenvalue weighted by Gasteiger charge is 2.17. The molecular formula is C20H27Cl2N5O. The summed E-state index contributed by atoms with van der Waals surface area (Å²) < 4.78 is 1.90. The lowest BCUT2D eigenvalue weighted by atomic mass is 10.1. The van der Waals surface area contributed by atoms with Gasteiger partial charge in [-0.1, -0.05) is 19.1 Å². The number of carbonyl (C=O) groups is 1. The molecule has 3 aromatic rings. The van der Waals surface area contributed by atoms with Crippen LogP contribution in [0.5, 0.6) is 0 Å². The fourth-order valence-corrected chi connectivity index (χ4v) is 2.93. The molecule has 8 heteroatoms. The zero-order valence-electron chi connectivity index (χ0n) is 16.3. The molecule has 28 heavy (non-hydrogen) atoms. The number of hydrogen-bond acceptors (Lipinski definition) is 4. The molecule has 2 aromatic heterocycles. The molecule has 0 aliphatic rings. The standard InChI is InChI=1S/C20H25N5O.2ClH/c1-4-14(3)25-19-18(12-23-25)17(11-13(2)24-19)20(26)22-10-9-15-5-7-16(21)8-6-15;;/h5-8,11-12,14H,4,9-10,21H2,1-3H3,(H,22,26);2*1H. The number of amides is 1. The van der Waals surface area contributed by atoms with Crippen LogP contribution < -0.4 is 11.1 Å². The minimum absolute atomic E-state index is 0. The van der Waals surface area contributed by atoms with Crippen molar-refractivity contribution in [1.82, 2.24) is 20.1 Å². The summed E-state index contributed by atoms with van der Waals surface area (Å²) in [5.74, 6) is -0.0975. The number of fused-ring (bicyclic) bond motifs is 1. The van der Waals surface area contributed by atoms with Gasteiger partial charge in [-0.05, 0) is 50.5 Å². The maximum atomic E-state index is 12.7. The van der Waals surface area contributed by atoms with Crippen molar-refractivity contribution in [2.45, 2.75) is 39.7 Å². The van der Waals surface area contributed by atoms with Gasteiger partial charge in [-0.25, -0.2) is 9.67 Å². The van der Waals surface area contributed by atoms with Gasteiger partial charge in [-0.3, -0.25) is 4.79 Å². The van der Waals surface area contributed by atoms with Crippen molar-refractivity contribution >= 4 is 47.4 Å². The van der Waals surface area contributed by atoms with Crippen LogP contribution in [0.1, 0.15) is 47.9 Å². The van der Waals surface area contributed by atoms with E-state index in [1.54, 1.807) is 6.20 Å². The molecule has 0 spiro atoms. The van der Waals surface area contributed by atoms with E-state index >= 15 is 0 Å². The average Bonchev–Trinajstić information content (AvgIpc) is 3.05. The molecule has 2 heterocycles. The third-order valence-corrected chi connectivity index (χ3v) is 4.63. The van der Waals surface area contributed by atoms with Crippen molar-refractivity contribution in [3.63, 3.8) is 0 Å². The second-order valence-corrected chi connectivity index (χ2v) is 6.64. The molecule has 0 aliphatic carbocycles. The van der Waals surface area contributed by atoms with Crippen molar-refractivity contribution in [3.05, 3.63) is 53.3 Å². The SMILES string of the molecule is CCC(C)n1ncc2c(C(=O)NCCc3ccc(N)cc3)cc(C)nc21.Cl.Cl. The summed E-state index contributed by atoms with van der Waals surface area (Å²) >= 11 is 0. The number of anilines is 1. The van der Waals surface area contributed by atoms with Crippen LogP contribution in [-0.2, 0) is 6.42 Å². The van der Waals surface area contributed by atoms with Gasteiger partial charge >= 0.3 is 0 Å². The Hall–Kier alpha value is -2.31. The number of nitrogens with two attached hydrogens (primary N) is 1. The molecule has 0 saturated carbocycles. The van der Waals surface area contributed by atoms with E-state index in [9.17, 15) is 4.79 Å². The van der Waals surface area contributed by atoms with E-state index in [1.807, 2.05) is 41.9 Å². The predicted octanol–water partition coefficient (Wildman–Crippen LogP) is 4.11. The smallest absolute Gasteiger partial charge is 0.252 e. The Morgan fingerprint density at radius 1 is 1.25 bits per heavy atom. The highest BCUT2D eigenvalue weighted by molar-refractivity contribution is 6.05. The number of nitrogens with zero attached hydrogens (tertiary/aromatic N) is 3. The van der Waals surface area contributed by atoms with Gasteiger partial charge in [0.15, 0.2) is 5.65 Å². The van der Waals surface area contributed by atoms with Crippen LogP contribution in [-0.4, -0.2) is 27.2 Å². The molecule has 0 fully saturated rings. The minimum atomic E-state index is -0.0975. The van der Waals surface area contributed by atoms with Gasteiger partial charge in [0.2, 0.25) is 0 Å². The largest absolute Gasteiger partial charge is 0.399 e. The van der Waals surface area contributed by atoms with Crippen LogP contribution in [0.25, 0.3) is 11.0 Å². The molecule has 3 N–H and O–H groups in total. The van der Waals surface area contributed by atoms with Gasteiger partial charge in [-0.2, -0.15) is 5.10 Å². The second kappa shape index (κ2) is 10.3. The molecule has 0 saturated heterocycles. The normalized spacial score (nSPS) is 11.4. The number of benzene rings is 1. The van der Waals surface area contributed by atoms with Crippen LogP contribution in [0, 0.1) is 6.92 Å². The summed E-state index contributed by atoms with van der Waals surface area (Å²) in [5.41, 5.74) is 9.78.